The van der Waals surface area contributed by atoms with Gasteiger partial charge < -0.3 is 10.4 Å². The van der Waals surface area contributed by atoms with E-state index in [1.165, 1.54) is 0 Å². The Bertz CT molecular complexity index is 250. The lowest BCUT2D eigenvalue weighted by Gasteiger charge is -2.05. The van der Waals surface area contributed by atoms with Gasteiger partial charge in [-0.3, -0.25) is 0 Å². The van der Waals surface area contributed by atoms with Crippen LogP contribution in [0.25, 0.3) is 0 Å². The highest BCUT2D eigenvalue weighted by Crippen LogP contribution is 2.06. The number of aliphatic hydroxyl groups is 1. The fourth-order valence-electron chi connectivity index (χ4n) is 0.796. The van der Waals surface area contributed by atoms with Gasteiger partial charge in [0, 0.05) is 18.9 Å². The van der Waals surface area contributed by atoms with Crippen molar-refractivity contribution >= 4 is 21.9 Å². The van der Waals surface area contributed by atoms with Crippen molar-refractivity contribution < 1.29 is 5.11 Å². The summed E-state index contributed by atoms with van der Waals surface area (Å²) in [5, 5.41) is 12.0. The molecular weight excluding hydrogens is 234 g/mol. The van der Waals surface area contributed by atoms with Gasteiger partial charge >= 0.3 is 0 Å². The molecular formula is C8H12BrN3O. The first-order chi connectivity index (χ1) is 6.18. The van der Waals surface area contributed by atoms with Crippen LogP contribution in [-0.2, 0) is 0 Å². The second kappa shape index (κ2) is 5.14. The zero-order valence-corrected chi connectivity index (χ0v) is 8.95. The predicted octanol–water partition coefficient (Wildman–Crippen LogP) is 1.42. The molecule has 0 aliphatic rings. The predicted molar refractivity (Wildman–Crippen MR) is 54.5 cm³/mol. The molecule has 4 nitrogen and oxygen atoms in total. The van der Waals surface area contributed by atoms with E-state index in [1.807, 2.05) is 0 Å². The second-order valence-corrected chi connectivity index (χ2v) is 3.71. The standard InChI is InChI=1S/C8H12BrN3O/c1-6(13)2-3-10-8-11-4-7(9)5-12-8/h4-6,13H,2-3H2,1H3,(H,10,11,12)/t6-/m1/s1. The quantitative estimate of drug-likeness (QED) is 0.843. The maximum absolute atomic E-state index is 8.99. The summed E-state index contributed by atoms with van der Waals surface area (Å²) >= 11 is 3.24. The number of hydrogen-bond donors (Lipinski definition) is 2. The summed E-state index contributed by atoms with van der Waals surface area (Å²) in [5.41, 5.74) is 0. The van der Waals surface area contributed by atoms with Gasteiger partial charge in [0.25, 0.3) is 0 Å². The van der Waals surface area contributed by atoms with Crippen LogP contribution >= 0.6 is 15.9 Å². The molecule has 1 aromatic rings. The Balaban J connectivity index is 2.33. The normalized spacial score (nSPS) is 12.5. The lowest BCUT2D eigenvalue weighted by Crippen LogP contribution is -2.11. The summed E-state index contributed by atoms with van der Waals surface area (Å²) in [6.45, 7) is 2.43. The maximum atomic E-state index is 8.99. The number of aromatic nitrogens is 2. The van der Waals surface area contributed by atoms with Crippen LogP contribution in [0.15, 0.2) is 16.9 Å². The monoisotopic (exact) mass is 245 g/mol. The van der Waals surface area contributed by atoms with Crippen LogP contribution in [0.2, 0.25) is 0 Å². The number of anilines is 1. The molecule has 0 unspecified atom stereocenters. The Kier molecular flexibility index (Phi) is 4.11. The van der Waals surface area contributed by atoms with E-state index in [9.17, 15) is 0 Å². The number of nitrogens with zero attached hydrogens (tertiary/aromatic N) is 2. The molecule has 0 fully saturated rings. The van der Waals surface area contributed by atoms with Crippen molar-refractivity contribution in [2.24, 2.45) is 0 Å². The molecule has 0 saturated heterocycles. The van der Waals surface area contributed by atoms with Crippen molar-refractivity contribution in [3.63, 3.8) is 0 Å². The largest absolute Gasteiger partial charge is 0.393 e. The molecule has 0 amide bonds. The van der Waals surface area contributed by atoms with Gasteiger partial charge in [0.1, 0.15) is 0 Å². The van der Waals surface area contributed by atoms with Crippen molar-refractivity contribution in [2.45, 2.75) is 19.4 Å². The fourth-order valence-corrected chi connectivity index (χ4v) is 1.00. The molecule has 0 spiro atoms. The van der Waals surface area contributed by atoms with Crippen molar-refractivity contribution in [1.29, 1.82) is 0 Å². The second-order valence-electron chi connectivity index (χ2n) is 2.79. The fraction of sp³-hybridized carbons (Fsp3) is 0.500. The molecule has 1 aromatic heterocycles. The lowest BCUT2D eigenvalue weighted by atomic mass is 10.3. The minimum absolute atomic E-state index is 0.289. The Morgan fingerprint density at radius 2 is 2.15 bits per heavy atom. The lowest BCUT2D eigenvalue weighted by molar-refractivity contribution is 0.188. The van der Waals surface area contributed by atoms with Gasteiger partial charge in [0.05, 0.1) is 10.6 Å². The molecule has 0 saturated carbocycles. The maximum Gasteiger partial charge on any atom is 0.222 e. The van der Waals surface area contributed by atoms with Gasteiger partial charge in [0.15, 0.2) is 0 Å². The van der Waals surface area contributed by atoms with Crippen molar-refractivity contribution in [3.05, 3.63) is 16.9 Å². The first kappa shape index (κ1) is 10.4. The summed E-state index contributed by atoms with van der Waals surface area (Å²) in [4.78, 5) is 8.05. The van der Waals surface area contributed by atoms with E-state index >= 15 is 0 Å². The highest BCUT2D eigenvalue weighted by Gasteiger charge is 1.97. The van der Waals surface area contributed by atoms with E-state index in [2.05, 4.69) is 31.2 Å². The van der Waals surface area contributed by atoms with Crippen LogP contribution in [0, 0.1) is 0 Å². The topological polar surface area (TPSA) is 58.0 Å². The number of aliphatic hydroxyl groups excluding tert-OH is 1. The van der Waals surface area contributed by atoms with Crippen molar-refractivity contribution in [1.82, 2.24) is 9.97 Å². The number of nitrogens with one attached hydrogen (secondary N) is 1. The minimum atomic E-state index is -0.289. The highest BCUT2D eigenvalue weighted by molar-refractivity contribution is 9.10. The minimum Gasteiger partial charge on any atom is -0.393 e. The Morgan fingerprint density at radius 1 is 1.54 bits per heavy atom. The molecule has 72 valence electrons. The summed E-state index contributed by atoms with van der Waals surface area (Å²) in [5.74, 6) is 0.587. The van der Waals surface area contributed by atoms with E-state index in [-0.39, 0.29) is 6.10 Å². The summed E-state index contributed by atoms with van der Waals surface area (Å²) < 4.78 is 0.855. The molecule has 1 heterocycles. The average molecular weight is 246 g/mol. The van der Waals surface area contributed by atoms with E-state index in [0.29, 0.717) is 18.9 Å². The van der Waals surface area contributed by atoms with Crippen LogP contribution in [0.4, 0.5) is 5.95 Å². The van der Waals surface area contributed by atoms with E-state index in [4.69, 9.17) is 5.11 Å². The zero-order valence-electron chi connectivity index (χ0n) is 7.37. The SMILES string of the molecule is C[C@@H](O)CCNc1ncc(Br)cn1. The smallest absolute Gasteiger partial charge is 0.222 e. The number of hydrogen-bond acceptors (Lipinski definition) is 4. The third-order valence-corrected chi connectivity index (χ3v) is 1.88. The molecule has 2 N–H and O–H groups in total. The third kappa shape index (κ3) is 4.19. The molecule has 0 radical (unpaired) electrons. The summed E-state index contributed by atoms with van der Waals surface area (Å²) in [6.07, 6.45) is 3.76. The average Bonchev–Trinajstić information content (AvgIpc) is 2.08. The van der Waals surface area contributed by atoms with Gasteiger partial charge in [-0.05, 0) is 29.3 Å². The number of halogens is 1. The molecule has 0 aliphatic carbocycles. The Labute approximate surface area is 85.5 Å². The third-order valence-electron chi connectivity index (χ3n) is 1.47. The molecule has 0 aromatic carbocycles. The highest BCUT2D eigenvalue weighted by atomic mass is 79.9. The Hall–Kier alpha value is -0.680. The van der Waals surface area contributed by atoms with Gasteiger partial charge in [-0.25, -0.2) is 9.97 Å². The molecule has 1 rings (SSSR count). The van der Waals surface area contributed by atoms with E-state index in [1.54, 1.807) is 19.3 Å². The van der Waals surface area contributed by atoms with Crippen molar-refractivity contribution in [2.75, 3.05) is 11.9 Å². The van der Waals surface area contributed by atoms with Gasteiger partial charge in [-0.2, -0.15) is 0 Å². The molecule has 5 heteroatoms. The molecule has 0 bridgehead atoms. The van der Waals surface area contributed by atoms with Gasteiger partial charge in [-0.15, -0.1) is 0 Å². The first-order valence-corrected chi connectivity index (χ1v) is 4.87. The summed E-state index contributed by atoms with van der Waals surface area (Å²) in [6, 6.07) is 0. The molecule has 1 atom stereocenters. The van der Waals surface area contributed by atoms with E-state index in [0.717, 1.165) is 4.47 Å². The molecule has 13 heavy (non-hydrogen) atoms. The van der Waals surface area contributed by atoms with Crippen LogP contribution in [-0.4, -0.2) is 27.7 Å². The van der Waals surface area contributed by atoms with Gasteiger partial charge in [-0.1, -0.05) is 0 Å². The van der Waals surface area contributed by atoms with Crippen LogP contribution < -0.4 is 5.32 Å². The van der Waals surface area contributed by atoms with Crippen LogP contribution in [0.3, 0.4) is 0 Å². The molecule has 0 aliphatic heterocycles. The summed E-state index contributed by atoms with van der Waals surface area (Å²) in [7, 11) is 0. The van der Waals surface area contributed by atoms with Crippen LogP contribution in [0.1, 0.15) is 13.3 Å². The van der Waals surface area contributed by atoms with E-state index < -0.39 is 0 Å². The number of rotatable bonds is 4. The van der Waals surface area contributed by atoms with Gasteiger partial charge in [0.2, 0.25) is 5.95 Å². The van der Waals surface area contributed by atoms with Crippen molar-refractivity contribution in [3.8, 4) is 0 Å². The Morgan fingerprint density at radius 3 is 2.69 bits per heavy atom. The van der Waals surface area contributed by atoms with Crippen LogP contribution in [0.5, 0.6) is 0 Å². The first-order valence-electron chi connectivity index (χ1n) is 4.08. The zero-order chi connectivity index (χ0) is 9.68.